The zero-order valence-electron chi connectivity index (χ0n) is 12.0. The molecule has 0 fully saturated rings. The summed E-state index contributed by atoms with van der Waals surface area (Å²) < 4.78 is 19.1. The molecule has 0 spiro atoms. The van der Waals surface area contributed by atoms with E-state index >= 15 is 0 Å². The van der Waals surface area contributed by atoms with Crippen molar-refractivity contribution in [1.29, 1.82) is 0 Å². The van der Waals surface area contributed by atoms with Crippen LogP contribution in [0.5, 0.6) is 5.75 Å². The molecule has 0 radical (unpaired) electrons. The van der Waals surface area contributed by atoms with E-state index in [0.717, 1.165) is 6.42 Å². The number of nitrogens with one attached hydrogen (secondary N) is 1. The molecule has 0 aliphatic heterocycles. The molecule has 18 heavy (non-hydrogen) atoms. The van der Waals surface area contributed by atoms with E-state index in [9.17, 15) is 4.39 Å². The third-order valence-electron chi connectivity index (χ3n) is 3.68. The van der Waals surface area contributed by atoms with Gasteiger partial charge in [-0.2, -0.15) is 0 Å². The first-order valence-corrected chi connectivity index (χ1v) is 6.59. The van der Waals surface area contributed by atoms with Crippen molar-refractivity contribution >= 4 is 0 Å². The molecular weight excluding hydrogens is 229 g/mol. The van der Waals surface area contributed by atoms with Gasteiger partial charge in [-0.25, -0.2) is 4.39 Å². The van der Waals surface area contributed by atoms with E-state index in [-0.39, 0.29) is 11.9 Å². The van der Waals surface area contributed by atoms with E-state index < -0.39 is 0 Å². The molecule has 1 rings (SSSR count). The molecule has 0 heterocycles. The molecule has 102 valence electrons. The summed E-state index contributed by atoms with van der Waals surface area (Å²) >= 11 is 0. The highest BCUT2D eigenvalue weighted by Gasteiger charge is 2.19. The SMILES string of the molecule is CCC(C)C(C)NC(C)c1c(F)cccc1OC. The third kappa shape index (κ3) is 3.45. The summed E-state index contributed by atoms with van der Waals surface area (Å²) in [4.78, 5) is 0. The number of hydrogen-bond donors (Lipinski definition) is 1. The highest BCUT2D eigenvalue weighted by atomic mass is 19.1. The van der Waals surface area contributed by atoms with Crippen molar-refractivity contribution in [2.45, 2.75) is 46.2 Å². The molecule has 1 aromatic carbocycles. The fourth-order valence-corrected chi connectivity index (χ4v) is 2.11. The molecule has 0 saturated carbocycles. The largest absolute Gasteiger partial charge is 0.496 e. The maximum absolute atomic E-state index is 13.9. The molecule has 2 nitrogen and oxygen atoms in total. The molecule has 3 atom stereocenters. The van der Waals surface area contributed by atoms with E-state index in [4.69, 9.17) is 4.74 Å². The van der Waals surface area contributed by atoms with Crippen molar-refractivity contribution in [2.75, 3.05) is 7.11 Å². The zero-order valence-corrected chi connectivity index (χ0v) is 12.0. The van der Waals surface area contributed by atoms with Crippen molar-refractivity contribution in [2.24, 2.45) is 5.92 Å². The first kappa shape index (κ1) is 15.0. The molecule has 3 heteroatoms. The Kier molecular flexibility index (Phi) is 5.60. The van der Waals surface area contributed by atoms with Crippen molar-refractivity contribution in [3.05, 3.63) is 29.6 Å². The summed E-state index contributed by atoms with van der Waals surface area (Å²) in [6.45, 7) is 8.47. The fraction of sp³-hybridized carbons (Fsp3) is 0.600. The molecule has 1 aromatic rings. The van der Waals surface area contributed by atoms with Gasteiger partial charge in [0.25, 0.3) is 0 Å². The molecule has 0 aliphatic carbocycles. The fourth-order valence-electron chi connectivity index (χ4n) is 2.11. The van der Waals surface area contributed by atoms with Crippen LogP contribution in [-0.4, -0.2) is 13.2 Å². The Morgan fingerprint density at radius 2 is 1.94 bits per heavy atom. The van der Waals surface area contributed by atoms with Crippen molar-refractivity contribution < 1.29 is 9.13 Å². The van der Waals surface area contributed by atoms with Crippen LogP contribution in [0.15, 0.2) is 18.2 Å². The highest BCUT2D eigenvalue weighted by molar-refractivity contribution is 5.36. The second-order valence-corrected chi connectivity index (χ2v) is 4.92. The van der Waals surface area contributed by atoms with Crippen LogP contribution in [0.4, 0.5) is 4.39 Å². The smallest absolute Gasteiger partial charge is 0.131 e. The molecular formula is C15H24FNO. The lowest BCUT2D eigenvalue weighted by Gasteiger charge is -2.26. The van der Waals surface area contributed by atoms with Crippen LogP contribution < -0.4 is 10.1 Å². The third-order valence-corrected chi connectivity index (χ3v) is 3.68. The topological polar surface area (TPSA) is 21.3 Å². The van der Waals surface area contributed by atoms with E-state index in [1.807, 2.05) is 6.92 Å². The van der Waals surface area contributed by atoms with Gasteiger partial charge in [0.15, 0.2) is 0 Å². The molecule has 0 aliphatic rings. The minimum absolute atomic E-state index is 0.0647. The number of benzene rings is 1. The average Bonchev–Trinajstić information content (AvgIpc) is 2.36. The molecule has 0 bridgehead atoms. The van der Waals surface area contributed by atoms with Crippen LogP contribution in [0.3, 0.4) is 0 Å². The van der Waals surface area contributed by atoms with Crippen LogP contribution in [-0.2, 0) is 0 Å². The standard InChI is InChI=1S/C15H24FNO/c1-6-10(2)11(3)17-12(4)15-13(16)8-7-9-14(15)18-5/h7-12,17H,6H2,1-5H3. The van der Waals surface area contributed by atoms with E-state index in [1.54, 1.807) is 19.2 Å². The Morgan fingerprint density at radius 1 is 1.28 bits per heavy atom. The lowest BCUT2D eigenvalue weighted by molar-refractivity contribution is 0.343. The van der Waals surface area contributed by atoms with Crippen molar-refractivity contribution in [1.82, 2.24) is 5.32 Å². The number of ether oxygens (including phenoxy) is 1. The molecule has 0 amide bonds. The van der Waals surface area contributed by atoms with Gasteiger partial charge in [0, 0.05) is 17.6 Å². The van der Waals surface area contributed by atoms with Gasteiger partial charge >= 0.3 is 0 Å². The lowest BCUT2D eigenvalue weighted by Crippen LogP contribution is -2.34. The Balaban J connectivity index is 2.87. The van der Waals surface area contributed by atoms with E-state index in [0.29, 0.717) is 23.3 Å². The van der Waals surface area contributed by atoms with Gasteiger partial charge in [0.2, 0.25) is 0 Å². The van der Waals surface area contributed by atoms with Crippen LogP contribution in [0.1, 0.15) is 45.7 Å². The zero-order chi connectivity index (χ0) is 13.7. The number of methoxy groups -OCH3 is 1. The van der Waals surface area contributed by atoms with Gasteiger partial charge in [-0.3, -0.25) is 0 Å². The molecule has 0 aromatic heterocycles. The minimum atomic E-state index is -0.217. The normalized spacial score (nSPS) is 16.1. The van der Waals surface area contributed by atoms with Gasteiger partial charge in [-0.05, 0) is 31.9 Å². The van der Waals surface area contributed by atoms with Gasteiger partial charge in [0.05, 0.1) is 7.11 Å². The Morgan fingerprint density at radius 3 is 2.50 bits per heavy atom. The quantitative estimate of drug-likeness (QED) is 0.829. The number of halogens is 1. The van der Waals surface area contributed by atoms with Crippen LogP contribution in [0, 0.1) is 11.7 Å². The van der Waals surface area contributed by atoms with Crippen LogP contribution >= 0.6 is 0 Å². The summed E-state index contributed by atoms with van der Waals surface area (Å²) in [5, 5.41) is 3.44. The van der Waals surface area contributed by atoms with E-state index in [1.165, 1.54) is 6.07 Å². The maximum atomic E-state index is 13.9. The van der Waals surface area contributed by atoms with Gasteiger partial charge in [-0.1, -0.05) is 26.3 Å². The monoisotopic (exact) mass is 253 g/mol. The second-order valence-electron chi connectivity index (χ2n) is 4.92. The number of hydrogen-bond acceptors (Lipinski definition) is 2. The second kappa shape index (κ2) is 6.74. The highest BCUT2D eigenvalue weighted by Crippen LogP contribution is 2.28. The van der Waals surface area contributed by atoms with Gasteiger partial charge in [0.1, 0.15) is 11.6 Å². The van der Waals surface area contributed by atoms with Gasteiger partial charge < -0.3 is 10.1 Å². The Bertz CT molecular complexity index is 381. The summed E-state index contributed by atoms with van der Waals surface area (Å²) in [7, 11) is 1.57. The van der Waals surface area contributed by atoms with Crippen LogP contribution in [0.25, 0.3) is 0 Å². The van der Waals surface area contributed by atoms with Crippen molar-refractivity contribution in [3.63, 3.8) is 0 Å². The first-order chi connectivity index (χ1) is 8.51. The summed E-state index contributed by atoms with van der Waals surface area (Å²) in [6, 6.07) is 5.22. The Hall–Kier alpha value is -1.09. The Labute approximate surface area is 110 Å². The minimum Gasteiger partial charge on any atom is -0.496 e. The maximum Gasteiger partial charge on any atom is 0.131 e. The average molecular weight is 253 g/mol. The predicted molar refractivity (Wildman–Crippen MR) is 73.4 cm³/mol. The summed E-state index contributed by atoms with van der Waals surface area (Å²) in [5.74, 6) is 0.947. The summed E-state index contributed by atoms with van der Waals surface area (Å²) in [6.07, 6.45) is 1.11. The number of rotatable bonds is 6. The molecule has 1 N–H and O–H groups in total. The first-order valence-electron chi connectivity index (χ1n) is 6.59. The van der Waals surface area contributed by atoms with E-state index in [2.05, 4.69) is 26.1 Å². The predicted octanol–water partition coefficient (Wildman–Crippen LogP) is 3.92. The van der Waals surface area contributed by atoms with Crippen LogP contribution in [0.2, 0.25) is 0 Å². The van der Waals surface area contributed by atoms with Crippen molar-refractivity contribution in [3.8, 4) is 5.75 Å². The molecule has 0 saturated heterocycles. The lowest BCUT2D eigenvalue weighted by atomic mass is 9.98. The summed E-state index contributed by atoms with van der Waals surface area (Å²) in [5.41, 5.74) is 0.607. The van der Waals surface area contributed by atoms with Gasteiger partial charge in [-0.15, -0.1) is 0 Å². The molecule has 3 unspecified atom stereocenters.